The number of hydrogen-bond donors (Lipinski definition) is 1. The predicted molar refractivity (Wildman–Crippen MR) is 49.0 cm³/mol. The molecule has 70 valence electrons. The average Bonchev–Trinajstić information content (AvgIpc) is 2.45. The molecule has 1 aliphatic rings. The zero-order chi connectivity index (χ0) is 9.14. The predicted octanol–water partition coefficient (Wildman–Crippen LogP) is 1.88. The highest BCUT2D eigenvalue weighted by molar-refractivity contribution is 5.07. The maximum atomic E-state index is 9.55. The number of allylic oxidation sites excluding steroid dienone is 1. The van der Waals surface area contributed by atoms with Crippen LogP contribution in [-0.4, -0.2) is 23.4 Å². The number of rotatable bonds is 2. The molecule has 0 aromatic carbocycles. The van der Waals surface area contributed by atoms with Crippen LogP contribution < -0.4 is 0 Å². The van der Waals surface area contributed by atoms with Crippen LogP contribution in [0.4, 0.5) is 0 Å². The molecule has 0 aliphatic carbocycles. The van der Waals surface area contributed by atoms with Gasteiger partial charge in [-0.25, -0.2) is 0 Å². The highest BCUT2D eigenvalue weighted by Gasteiger charge is 2.32. The van der Waals surface area contributed by atoms with Gasteiger partial charge in [0.05, 0.1) is 18.3 Å². The smallest absolute Gasteiger partial charge is 0.0840 e. The summed E-state index contributed by atoms with van der Waals surface area (Å²) in [6.07, 6.45) is 3.63. The molecule has 1 fully saturated rings. The van der Waals surface area contributed by atoms with Crippen molar-refractivity contribution in [3.63, 3.8) is 0 Å². The van der Waals surface area contributed by atoms with Crippen molar-refractivity contribution in [2.24, 2.45) is 0 Å². The zero-order valence-electron chi connectivity index (χ0n) is 8.08. The monoisotopic (exact) mass is 170 g/mol. The zero-order valence-corrected chi connectivity index (χ0v) is 8.08. The van der Waals surface area contributed by atoms with Crippen LogP contribution in [0.2, 0.25) is 0 Å². The first-order valence-electron chi connectivity index (χ1n) is 4.65. The van der Waals surface area contributed by atoms with E-state index in [1.54, 1.807) is 0 Å². The van der Waals surface area contributed by atoms with E-state index in [1.165, 1.54) is 5.57 Å². The Morgan fingerprint density at radius 3 is 2.75 bits per heavy atom. The molecule has 1 rings (SSSR count). The van der Waals surface area contributed by atoms with E-state index >= 15 is 0 Å². The van der Waals surface area contributed by atoms with Crippen LogP contribution in [0.25, 0.3) is 0 Å². The van der Waals surface area contributed by atoms with Gasteiger partial charge in [0.15, 0.2) is 0 Å². The molecule has 2 nitrogen and oxygen atoms in total. The van der Waals surface area contributed by atoms with Crippen molar-refractivity contribution >= 4 is 0 Å². The molecule has 1 heterocycles. The Bertz CT molecular complexity index is 175. The second-order valence-electron chi connectivity index (χ2n) is 3.41. The Balaban J connectivity index is 2.54. The standard InChI is InChI=1S/C10H18O2/c1-4-7(3)10-6-8(11)9(5-2)12-10/h4,8-11H,5-6H2,1-3H3/b7-4+/t8-,9-,10-/m1/s1. The van der Waals surface area contributed by atoms with Crippen LogP contribution in [0, 0.1) is 0 Å². The average molecular weight is 170 g/mol. The number of ether oxygens (including phenoxy) is 1. The van der Waals surface area contributed by atoms with Gasteiger partial charge < -0.3 is 9.84 Å². The minimum atomic E-state index is -0.269. The van der Waals surface area contributed by atoms with Gasteiger partial charge in [-0.05, 0) is 25.8 Å². The molecule has 0 unspecified atom stereocenters. The maximum absolute atomic E-state index is 9.55. The summed E-state index contributed by atoms with van der Waals surface area (Å²) < 4.78 is 5.66. The molecule has 1 N–H and O–H groups in total. The molecular weight excluding hydrogens is 152 g/mol. The highest BCUT2D eigenvalue weighted by Crippen LogP contribution is 2.26. The third-order valence-corrected chi connectivity index (χ3v) is 2.59. The highest BCUT2D eigenvalue weighted by atomic mass is 16.5. The lowest BCUT2D eigenvalue weighted by Gasteiger charge is -2.12. The van der Waals surface area contributed by atoms with Crippen LogP contribution in [-0.2, 0) is 4.74 Å². The third kappa shape index (κ3) is 1.87. The van der Waals surface area contributed by atoms with Crippen LogP contribution in [0.5, 0.6) is 0 Å². The summed E-state index contributed by atoms with van der Waals surface area (Å²) in [5.41, 5.74) is 1.23. The van der Waals surface area contributed by atoms with E-state index in [2.05, 4.69) is 13.0 Å². The number of aliphatic hydroxyl groups excluding tert-OH is 1. The fourth-order valence-electron chi connectivity index (χ4n) is 1.58. The van der Waals surface area contributed by atoms with Gasteiger partial charge >= 0.3 is 0 Å². The lowest BCUT2D eigenvalue weighted by molar-refractivity contribution is 0.0194. The van der Waals surface area contributed by atoms with Crippen LogP contribution >= 0.6 is 0 Å². The van der Waals surface area contributed by atoms with Crippen LogP contribution in [0.1, 0.15) is 33.6 Å². The van der Waals surface area contributed by atoms with E-state index in [-0.39, 0.29) is 18.3 Å². The molecule has 0 aromatic heterocycles. The summed E-state index contributed by atoms with van der Waals surface area (Å²) in [4.78, 5) is 0. The first-order chi connectivity index (χ1) is 5.69. The van der Waals surface area contributed by atoms with Gasteiger partial charge in [-0.1, -0.05) is 13.0 Å². The first kappa shape index (κ1) is 9.75. The van der Waals surface area contributed by atoms with E-state index in [1.807, 2.05) is 13.8 Å². The molecule has 0 saturated carbocycles. The van der Waals surface area contributed by atoms with Crippen molar-refractivity contribution in [3.05, 3.63) is 11.6 Å². The van der Waals surface area contributed by atoms with Gasteiger partial charge in [0.25, 0.3) is 0 Å². The molecule has 0 bridgehead atoms. The Morgan fingerprint density at radius 2 is 2.33 bits per heavy atom. The maximum Gasteiger partial charge on any atom is 0.0840 e. The fraction of sp³-hybridized carbons (Fsp3) is 0.800. The Hall–Kier alpha value is -0.340. The van der Waals surface area contributed by atoms with Crippen molar-refractivity contribution in [1.29, 1.82) is 0 Å². The van der Waals surface area contributed by atoms with Gasteiger partial charge in [-0.3, -0.25) is 0 Å². The molecule has 1 aliphatic heterocycles. The number of hydrogen-bond acceptors (Lipinski definition) is 2. The van der Waals surface area contributed by atoms with Gasteiger partial charge in [-0.15, -0.1) is 0 Å². The number of aliphatic hydroxyl groups is 1. The topological polar surface area (TPSA) is 29.5 Å². The van der Waals surface area contributed by atoms with Gasteiger partial charge in [0.1, 0.15) is 0 Å². The molecule has 12 heavy (non-hydrogen) atoms. The summed E-state index contributed by atoms with van der Waals surface area (Å²) >= 11 is 0. The van der Waals surface area contributed by atoms with E-state index in [0.717, 1.165) is 12.8 Å². The molecule has 0 radical (unpaired) electrons. The summed E-state index contributed by atoms with van der Waals surface area (Å²) in [5.74, 6) is 0. The van der Waals surface area contributed by atoms with E-state index in [9.17, 15) is 5.11 Å². The van der Waals surface area contributed by atoms with Crippen LogP contribution in [0.15, 0.2) is 11.6 Å². The largest absolute Gasteiger partial charge is 0.390 e. The third-order valence-electron chi connectivity index (χ3n) is 2.59. The quantitative estimate of drug-likeness (QED) is 0.641. The Labute approximate surface area is 74.2 Å². The van der Waals surface area contributed by atoms with E-state index in [4.69, 9.17) is 4.74 Å². The van der Waals surface area contributed by atoms with Crippen LogP contribution in [0.3, 0.4) is 0 Å². The molecule has 0 aromatic rings. The normalized spacial score (nSPS) is 37.3. The van der Waals surface area contributed by atoms with Crippen molar-refractivity contribution in [2.45, 2.75) is 51.9 Å². The van der Waals surface area contributed by atoms with Crippen molar-refractivity contribution in [2.75, 3.05) is 0 Å². The van der Waals surface area contributed by atoms with Gasteiger partial charge in [0, 0.05) is 6.42 Å². The van der Waals surface area contributed by atoms with Gasteiger partial charge in [0.2, 0.25) is 0 Å². The van der Waals surface area contributed by atoms with Crippen molar-refractivity contribution < 1.29 is 9.84 Å². The lowest BCUT2D eigenvalue weighted by Crippen LogP contribution is -2.19. The summed E-state index contributed by atoms with van der Waals surface area (Å²) in [7, 11) is 0. The SMILES string of the molecule is C/C=C(\C)[C@H]1C[C@@H](O)[C@@H](CC)O1. The molecule has 1 saturated heterocycles. The second-order valence-corrected chi connectivity index (χ2v) is 3.41. The van der Waals surface area contributed by atoms with E-state index in [0.29, 0.717) is 0 Å². The summed E-state index contributed by atoms with van der Waals surface area (Å²) in [5, 5.41) is 9.55. The Kier molecular flexibility index (Phi) is 3.29. The minimum absolute atomic E-state index is 0.0462. The molecule has 0 amide bonds. The Morgan fingerprint density at radius 1 is 1.67 bits per heavy atom. The molecule has 3 atom stereocenters. The minimum Gasteiger partial charge on any atom is -0.390 e. The molecule has 2 heteroatoms. The van der Waals surface area contributed by atoms with Gasteiger partial charge in [-0.2, -0.15) is 0 Å². The first-order valence-corrected chi connectivity index (χ1v) is 4.65. The van der Waals surface area contributed by atoms with E-state index < -0.39 is 0 Å². The summed E-state index contributed by atoms with van der Waals surface area (Å²) in [6.45, 7) is 6.10. The lowest BCUT2D eigenvalue weighted by atomic mass is 10.1. The van der Waals surface area contributed by atoms with Crippen molar-refractivity contribution in [1.82, 2.24) is 0 Å². The molecular formula is C10H18O2. The fourth-order valence-corrected chi connectivity index (χ4v) is 1.58. The molecule has 0 spiro atoms. The summed E-state index contributed by atoms with van der Waals surface area (Å²) in [6, 6.07) is 0. The van der Waals surface area contributed by atoms with Crippen molar-refractivity contribution in [3.8, 4) is 0 Å². The second kappa shape index (κ2) is 4.06.